The topological polar surface area (TPSA) is 24.5 Å². The van der Waals surface area contributed by atoms with Gasteiger partial charge in [0.15, 0.2) is 0 Å². The van der Waals surface area contributed by atoms with Gasteiger partial charge in [0.1, 0.15) is 5.75 Å². The van der Waals surface area contributed by atoms with Crippen LogP contribution in [0.4, 0.5) is 13.2 Å². The Morgan fingerprint density at radius 1 is 1.22 bits per heavy atom. The van der Waals surface area contributed by atoms with E-state index in [-0.39, 0.29) is 24.2 Å². The summed E-state index contributed by atoms with van der Waals surface area (Å²) >= 11 is 0. The Hall–Kier alpha value is -0.980. The van der Waals surface area contributed by atoms with Gasteiger partial charge in [-0.25, -0.2) is 0 Å². The number of nitrogens with zero attached hydrogens (tertiary/aromatic N) is 1. The zero-order chi connectivity index (χ0) is 15.7. The van der Waals surface area contributed by atoms with Crippen molar-refractivity contribution in [3.8, 4) is 5.75 Å². The molecule has 1 aromatic rings. The lowest BCUT2D eigenvalue weighted by atomic mass is 9.91. The molecule has 0 aliphatic carbocycles. The van der Waals surface area contributed by atoms with E-state index in [9.17, 15) is 13.2 Å². The van der Waals surface area contributed by atoms with Crippen LogP contribution in [0.3, 0.4) is 0 Å². The van der Waals surface area contributed by atoms with Gasteiger partial charge in [-0.1, -0.05) is 12.1 Å². The minimum Gasteiger partial charge on any atom is -0.406 e. The van der Waals surface area contributed by atoms with Crippen LogP contribution in [0.15, 0.2) is 24.3 Å². The fourth-order valence-electron chi connectivity index (χ4n) is 3.59. The van der Waals surface area contributed by atoms with Crippen LogP contribution in [0.2, 0.25) is 0 Å². The van der Waals surface area contributed by atoms with E-state index in [4.69, 9.17) is 0 Å². The normalized spacial score (nSPS) is 26.3. The zero-order valence-corrected chi connectivity index (χ0v) is 13.8. The van der Waals surface area contributed by atoms with Gasteiger partial charge in [-0.2, -0.15) is 0 Å². The molecule has 3 unspecified atom stereocenters. The number of likely N-dealkylation sites (tertiary alicyclic amines) is 1. The van der Waals surface area contributed by atoms with E-state index < -0.39 is 6.36 Å². The molecule has 0 bridgehead atoms. The van der Waals surface area contributed by atoms with Crippen molar-refractivity contribution in [2.75, 3.05) is 19.6 Å². The van der Waals surface area contributed by atoms with Crippen molar-refractivity contribution in [2.24, 2.45) is 5.92 Å². The summed E-state index contributed by atoms with van der Waals surface area (Å²) in [6.07, 6.45) is -2.28. The summed E-state index contributed by atoms with van der Waals surface area (Å²) in [4.78, 5) is 2.42. The van der Waals surface area contributed by atoms with Gasteiger partial charge < -0.3 is 10.1 Å². The van der Waals surface area contributed by atoms with Gasteiger partial charge in [0, 0.05) is 25.2 Å². The van der Waals surface area contributed by atoms with Gasteiger partial charge in [0.2, 0.25) is 0 Å². The molecule has 2 fully saturated rings. The minimum atomic E-state index is -4.63. The van der Waals surface area contributed by atoms with E-state index in [2.05, 4.69) is 21.9 Å². The van der Waals surface area contributed by atoms with E-state index in [1.165, 1.54) is 18.6 Å². The molecule has 1 aromatic carbocycles. The number of nitrogens with one attached hydrogen (secondary N) is 1. The Balaban J connectivity index is 0.00000192. The molecule has 0 saturated carbocycles. The third kappa shape index (κ3) is 4.52. The van der Waals surface area contributed by atoms with Gasteiger partial charge in [-0.15, -0.1) is 25.6 Å². The molecule has 0 aromatic heterocycles. The van der Waals surface area contributed by atoms with Crippen molar-refractivity contribution < 1.29 is 17.9 Å². The summed E-state index contributed by atoms with van der Waals surface area (Å²) in [6.45, 7) is 5.29. The minimum absolute atomic E-state index is 0. The standard InChI is InChI=1S/C16H21F3N2O.ClH/c1-11(21-9-7-15-13(10-21)6-8-20-15)12-2-4-14(5-3-12)22-16(17,18)19;/h2-5,11,13,15,20H,6-10H2,1H3;1H. The van der Waals surface area contributed by atoms with Gasteiger partial charge in [-0.3, -0.25) is 4.90 Å². The summed E-state index contributed by atoms with van der Waals surface area (Å²) in [5, 5.41) is 3.54. The lowest BCUT2D eigenvalue weighted by Gasteiger charge is -2.38. The highest BCUT2D eigenvalue weighted by molar-refractivity contribution is 5.85. The first-order valence-corrected chi connectivity index (χ1v) is 7.75. The SMILES string of the molecule is CC(c1ccc(OC(F)(F)F)cc1)N1CCC2NCCC2C1.Cl. The van der Waals surface area contributed by atoms with E-state index in [1.807, 2.05) is 0 Å². The first-order valence-electron chi connectivity index (χ1n) is 7.75. The second-order valence-corrected chi connectivity index (χ2v) is 6.19. The van der Waals surface area contributed by atoms with Crippen LogP contribution >= 0.6 is 12.4 Å². The molecule has 0 radical (unpaired) electrons. The Labute approximate surface area is 140 Å². The Morgan fingerprint density at radius 2 is 1.91 bits per heavy atom. The number of hydrogen-bond donors (Lipinski definition) is 1. The maximum absolute atomic E-state index is 12.2. The van der Waals surface area contributed by atoms with Crippen molar-refractivity contribution in [1.82, 2.24) is 10.2 Å². The van der Waals surface area contributed by atoms with Gasteiger partial charge in [0.05, 0.1) is 0 Å². The average Bonchev–Trinajstić information content (AvgIpc) is 2.93. The summed E-state index contributed by atoms with van der Waals surface area (Å²) in [6, 6.07) is 7.09. The molecule has 23 heavy (non-hydrogen) atoms. The molecule has 3 rings (SSSR count). The van der Waals surface area contributed by atoms with Crippen molar-refractivity contribution in [3.05, 3.63) is 29.8 Å². The molecule has 2 saturated heterocycles. The number of benzene rings is 1. The number of rotatable bonds is 3. The van der Waals surface area contributed by atoms with Crippen LogP contribution in [0, 0.1) is 5.92 Å². The molecule has 3 atom stereocenters. The molecule has 3 nitrogen and oxygen atoms in total. The van der Waals surface area contributed by atoms with Crippen LogP contribution in [-0.2, 0) is 0 Å². The third-order valence-corrected chi connectivity index (χ3v) is 4.83. The number of alkyl halides is 3. The molecule has 130 valence electrons. The van der Waals surface area contributed by atoms with Crippen LogP contribution in [0.5, 0.6) is 5.75 Å². The fourth-order valence-corrected chi connectivity index (χ4v) is 3.59. The van der Waals surface area contributed by atoms with Gasteiger partial charge >= 0.3 is 6.36 Å². The monoisotopic (exact) mass is 350 g/mol. The maximum atomic E-state index is 12.2. The fraction of sp³-hybridized carbons (Fsp3) is 0.625. The van der Waals surface area contributed by atoms with Crippen molar-refractivity contribution in [3.63, 3.8) is 0 Å². The number of ether oxygens (including phenoxy) is 1. The van der Waals surface area contributed by atoms with E-state index >= 15 is 0 Å². The molecule has 2 aliphatic heterocycles. The quantitative estimate of drug-likeness (QED) is 0.898. The summed E-state index contributed by atoms with van der Waals surface area (Å²) in [5.41, 5.74) is 1.03. The number of halogens is 4. The second-order valence-electron chi connectivity index (χ2n) is 6.19. The Kier molecular flexibility index (Phi) is 5.81. The largest absolute Gasteiger partial charge is 0.573 e. The van der Waals surface area contributed by atoms with Crippen molar-refractivity contribution in [1.29, 1.82) is 0 Å². The lowest BCUT2D eigenvalue weighted by molar-refractivity contribution is -0.274. The number of hydrogen-bond acceptors (Lipinski definition) is 3. The van der Waals surface area contributed by atoms with E-state index in [0.29, 0.717) is 12.0 Å². The lowest BCUT2D eigenvalue weighted by Crippen LogP contribution is -2.45. The molecular weight excluding hydrogens is 329 g/mol. The van der Waals surface area contributed by atoms with Crippen LogP contribution in [-0.4, -0.2) is 36.9 Å². The van der Waals surface area contributed by atoms with Crippen LogP contribution in [0.1, 0.15) is 31.4 Å². The number of piperidine rings is 1. The predicted molar refractivity (Wildman–Crippen MR) is 84.9 cm³/mol. The van der Waals surface area contributed by atoms with Crippen molar-refractivity contribution in [2.45, 2.75) is 38.2 Å². The second kappa shape index (κ2) is 7.28. The molecule has 1 N–H and O–H groups in total. The molecule has 0 spiro atoms. The van der Waals surface area contributed by atoms with Gasteiger partial charge in [0.25, 0.3) is 0 Å². The molecule has 7 heteroatoms. The summed E-state index contributed by atoms with van der Waals surface area (Å²) in [5.74, 6) is 0.534. The average molecular weight is 351 g/mol. The molecule has 0 amide bonds. The Bertz CT molecular complexity index is 509. The predicted octanol–water partition coefficient (Wildman–Crippen LogP) is 3.75. The highest BCUT2D eigenvalue weighted by Crippen LogP contribution is 2.31. The first-order chi connectivity index (χ1) is 10.4. The number of fused-ring (bicyclic) bond motifs is 1. The summed E-state index contributed by atoms with van der Waals surface area (Å²) in [7, 11) is 0. The summed E-state index contributed by atoms with van der Waals surface area (Å²) < 4.78 is 40.5. The van der Waals surface area contributed by atoms with E-state index in [0.717, 1.165) is 31.6 Å². The molecular formula is C16H22ClF3N2O. The molecule has 2 heterocycles. The van der Waals surface area contributed by atoms with E-state index in [1.54, 1.807) is 12.1 Å². The third-order valence-electron chi connectivity index (χ3n) is 4.83. The zero-order valence-electron chi connectivity index (χ0n) is 13.0. The first kappa shape index (κ1) is 18.4. The molecule has 2 aliphatic rings. The highest BCUT2D eigenvalue weighted by Gasteiger charge is 2.34. The van der Waals surface area contributed by atoms with Crippen LogP contribution in [0.25, 0.3) is 0 Å². The Morgan fingerprint density at radius 3 is 2.57 bits per heavy atom. The van der Waals surface area contributed by atoms with Crippen molar-refractivity contribution >= 4 is 12.4 Å². The van der Waals surface area contributed by atoms with Gasteiger partial charge in [-0.05, 0) is 49.9 Å². The highest BCUT2D eigenvalue weighted by atomic mass is 35.5. The maximum Gasteiger partial charge on any atom is 0.573 e. The smallest absolute Gasteiger partial charge is 0.406 e. The van der Waals surface area contributed by atoms with Crippen LogP contribution < -0.4 is 10.1 Å².